The van der Waals surface area contributed by atoms with Gasteiger partial charge in [0.05, 0.1) is 0 Å². The zero-order valence-corrected chi connectivity index (χ0v) is 23.2. The molecule has 7 nitrogen and oxygen atoms in total. The lowest BCUT2D eigenvalue weighted by Gasteiger charge is -2.18. The average molecular weight is 551 g/mol. The molecule has 1 atom stereocenters. The zero-order valence-electron chi connectivity index (χ0n) is 23.2. The number of hydrogen-bond donors (Lipinski definition) is 3. The number of ketones is 2. The Morgan fingerprint density at radius 3 is 2.02 bits per heavy atom. The number of para-hydroxylation sites is 2. The van der Waals surface area contributed by atoms with Gasteiger partial charge < -0.3 is 20.5 Å². The number of Topliss-reactive ketones (excluding diaryl/α,β-unsaturated/α-hetero) is 1. The fraction of sp³-hybridized carbons (Fsp3) is 0.206. The molecule has 0 saturated heterocycles. The van der Waals surface area contributed by atoms with Crippen LogP contribution in [0.2, 0.25) is 0 Å². The van der Waals surface area contributed by atoms with E-state index in [4.69, 9.17) is 4.74 Å². The summed E-state index contributed by atoms with van der Waals surface area (Å²) >= 11 is 0. The van der Waals surface area contributed by atoms with Crippen LogP contribution in [0.3, 0.4) is 0 Å². The van der Waals surface area contributed by atoms with E-state index < -0.39 is 12.0 Å². The highest BCUT2D eigenvalue weighted by Gasteiger charge is 2.21. The van der Waals surface area contributed by atoms with Crippen molar-refractivity contribution in [1.82, 2.24) is 0 Å². The maximum absolute atomic E-state index is 13.1. The second kappa shape index (κ2) is 13.9. The van der Waals surface area contributed by atoms with Gasteiger partial charge in [0.15, 0.2) is 11.6 Å². The van der Waals surface area contributed by atoms with E-state index in [1.54, 1.807) is 60.7 Å². The fourth-order valence-corrected chi connectivity index (χ4v) is 4.41. The van der Waals surface area contributed by atoms with Gasteiger partial charge in [0, 0.05) is 46.9 Å². The molecule has 4 rings (SSSR count). The number of rotatable bonds is 14. The van der Waals surface area contributed by atoms with Crippen molar-refractivity contribution in [2.24, 2.45) is 5.92 Å². The van der Waals surface area contributed by atoms with Gasteiger partial charge in [0.2, 0.25) is 0 Å². The van der Waals surface area contributed by atoms with Crippen LogP contribution in [0.1, 0.15) is 45.7 Å². The molecule has 0 aliphatic rings. The third-order valence-electron chi connectivity index (χ3n) is 6.60. The summed E-state index contributed by atoms with van der Waals surface area (Å²) in [4.78, 5) is 37.6. The minimum atomic E-state index is -1.02. The molecule has 1 unspecified atom stereocenters. The van der Waals surface area contributed by atoms with E-state index in [9.17, 15) is 19.5 Å². The van der Waals surface area contributed by atoms with Crippen molar-refractivity contribution < 1.29 is 24.2 Å². The maximum Gasteiger partial charge on any atom is 0.326 e. The van der Waals surface area contributed by atoms with E-state index in [0.717, 1.165) is 11.3 Å². The summed E-state index contributed by atoms with van der Waals surface area (Å²) in [6, 6.07) is 29.6. The first-order valence-electron chi connectivity index (χ1n) is 13.6. The van der Waals surface area contributed by atoms with Crippen LogP contribution in [-0.2, 0) is 11.2 Å². The van der Waals surface area contributed by atoms with Crippen LogP contribution >= 0.6 is 0 Å². The van der Waals surface area contributed by atoms with Crippen LogP contribution in [0.15, 0.2) is 103 Å². The highest BCUT2D eigenvalue weighted by molar-refractivity contribution is 6.12. The highest BCUT2D eigenvalue weighted by atomic mass is 16.5. The van der Waals surface area contributed by atoms with Gasteiger partial charge in [-0.2, -0.15) is 0 Å². The van der Waals surface area contributed by atoms with Crippen LogP contribution in [-0.4, -0.2) is 41.8 Å². The molecule has 0 bridgehead atoms. The van der Waals surface area contributed by atoms with Crippen LogP contribution in [0.25, 0.3) is 0 Å². The van der Waals surface area contributed by atoms with Gasteiger partial charge >= 0.3 is 5.97 Å². The van der Waals surface area contributed by atoms with E-state index >= 15 is 0 Å². The first kappa shape index (κ1) is 29.1. The van der Waals surface area contributed by atoms with Crippen molar-refractivity contribution in [3.8, 4) is 5.75 Å². The second-order valence-corrected chi connectivity index (χ2v) is 9.96. The van der Waals surface area contributed by atoms with Crippen LogP contribution in [0.5, 0.6) is 5.75 Å². The molecule has 0 radical (unpaired) electrons. The molecule has 7 heteroatoms. The van der Waals surface area contributed by atoms with E-state index in [2.05, 4.69) is 10.6 Å². The quantitative estimate of drug-likeness (QED) is 0.124. The van der Waals surface area contributed by atoms with Gasteiger partial charge in [-0.05, 0) is 42.0 Å². The average Bonchev–Trinajstić information content (AvgIpc) is 3.00. The number of ether oxygens (including phenoxy) is 1. The first-order valence-corrected chi connectivity index (χ1v) is 13.6. The number of hydrogen-bond acceptors (Lipinski definition) is 6. The van der Waals surface area contributed by atoms with Gasteiger partial charge in [-0.25, -0.2) is 4.79 Å². The molecule has 0 aliphatic heterocycles. The number of aliphatic carboxylic acids is 1. The Morgan fingerprint density at radius 2 is 1.37 bits per heavy atom. The van der Waals surface area contributed by atoms with Crippen molar-refractivity contribution in [1.29, 1.82) is 0 Å². The number of nitrogens with one attached hydrogen (secondary N) is 2. The standard InChI is InChI=1S/C34H34N2O5/c1-23(2)32(37)27-12-6-8-14-29(27)35-20-21-41-26-18-16-24(17-19-26)22-31(34(39)40)36-30-15-9-7-13-28(30)33(38)25-10-4-3-5-11-25/h3-19,23,31,35-36H,20-22H2,1-2H3,(H,39,40). The monoisotopic (exact) mass is 550 g/mol. The van der Waals surface area contributed by atoms with Crippen molar-refractivity contribution >= 4 is 28.9 Å². The van der Waals surface area contributed by atoms with Crippen molar-refractivity contribution in [2.45, 2.75) is 26.3 Å². The summed E-state index contributed by atoms with van der Waals surface area (Å²) < 4.78 is 5.85. The fourth-order valence-electron chi connectivity index (χ4n) is 4.41. The molecule has 4 aromatic rings. The van der Waals surface area contributed by atoms with Crippen molar-refractivity contribution in [2.75, 3.05) is 23.8 Å². The van der Waals surface area contributed by atoms with Crippen molar-refractivity contribution in [3.05, 3.63) is 125 Å². The summed E-state index contributed by atoms with van der Waals surface area (Å²) in [7, 11) is 0. The molecule has 4 aromatic carbocycles. The second-order valence-electron chi connectivity index (χ2n) is 9.96. The Morgan fingerprint density at radius 1 is 0.756 bits per heavy atom. The normalized spacial score (nSPS) is 11.5. The summed E-state index contributed by atoms with van der Waals surface area (Å²) in [6.45, 7) is 4.66. The summed E-state index contributed by atoms with van der Waals surface area (Å²) in [5, 5.41) is 16.2. The largest absolute Gasteiger partial charge is 0.492 e. The molecule has 0 fully saturated rings. The molecule has 3 N–H and O–H groups in total. The van der Waals surface area contributed by atoms with Crippen molar-refractivity contribution in [3.63, 3.8) is 0 Å². The number of carbonyl (C=O) groups is 3. The topological polar surface area (TPSA) is 105 Å². The molecular weight excluding hydrogens is 516 g/mol. The predicted molar refractivity (Wildman–Crippen MR) is 161 cm³/mol. The van der Waals surface area contributed by atoms with Gasteiger partial charge in [0.1, 0.15) is 18.4 Å². The van der Waals surface area contributed by atoms with E-state index in [1.165, 1.54) is 0 Å². The number of anilines is 2. The minimum absolute atomic E-state index is 0.0878. The number of carbonyl (C=O) groups excluding carboxylic acids is 2. The Labute approximate surface area is 240 Å². The van der Waals surface area contributed by atoms with Gasteiger partial charge in [-0.1, -0.05) is 80.6 Å². The molecule has 0 amide bonds. The third-order valence-corrected chi connectivity index (χ3v) is 6.60. The van der Waals surface area contributed by atoms with Gasteiger partial charge in [-0.15, -0.1) is 0 Å². The Hall–Kier alpha value is -4.91. The van der Waals surface area contributed by atoms with Gasteiger partial charge in [0.25, 0.3) is 0 Å². The number of benzene rings is 4. The summed E-state index contributed by atoms with van der Waals surface area (Å²) in [5.41, 5.74) is 3.68. The van der Waals surface area contributed by atoms with E-state index in [0.29, 0.717) is 41.3 Å². The maximum atomic E-state index is 13.1. The Balaban J connectivity index is 1.34. The van der Waals surface area contributed by atoms with E-state index in [1.807, 2.05) is 56.3 Å². The van der Waals surface area contributed by atoms with Crippen LogP contribution in [0, 0.1) is 5.92 Å². The van der Waals surface area contributed by atoms with E-state index in [-0.39, 0.29) is 23.9 Å². The molecule has 0 saturated carbocycles. The molecule has 210 valence electrons. The molecule has 0 spiro atoms. The minimum Gasteiger partial charge on any atom is -0.492 e. The SMILES string of the molecule is CC(C)C(=O)c1ccccc1NCCOc1ccc(CC(Nc2ccccc2C(=O)c2ccccc2)C(=O)O)cc1. The summed E-state index contributed by atoms with van der Waals surface area (Å²) in [5.74, 6) is -0.542. The highest BCUT2D eigenvalue weighted by Crippen LogP contribution is 2.22. The van der Waals surface area contributed by atoms with Crippen LogP contribution in [0.4, 0.5) is 11.4 Å². The zero-order chi connectivity index (χ0) is 29.2. The smallest absolute Gasteiger partial charge is 0.326 e. The molecule has 0 heterocycles. The number of carboxylic acid groups (broad SMARTS) is 1. The number of carboxylic acids is 1. The lowest BCUT2D eigenvalue weighted by atomic mass is 9.99. The Kier molecular flexibility index (Phi) is 9.89. The molecular formula is C34H34N2O5. The first-order chi connectivity index (χ1) is 19.8. The molecule has 0 aliphatic carbocycles. The Bertz CT molecular complexity index is 1480. The summed E-state index contributed by atoms with van der Waals surface area (Å²) in [6.07, 6.45) is 0.214. The molecule has 41 heavy (non-hydrogen) atoms. The lowest BCUT2D eigenvalue weighted by molar-refractivity contribution is -0.137. The van der Waals surface area contributed by atoms with Gasteiger partial charge in [-0.3, -0.25) is 9.59 Å². The van der Waals surface area contributed by atoms with Crippen LogP contribution < -0.4 is 15.4 Å². The third kappa shape index (κ3) is 7.82. The lowest BCUT2D eigenvalue weighted by Crippen LogP contribution is -2.32. The molecule has 0 aromatic heterocycles. The predicted octanol–water partition coefficient (Wildman–Crippen LogP) is 6.36.